The summed E-state index contributed by atoms with van der Waals surface area (Å²) in [4.78, 5) is 13.2. The Morgan fingerprint density at radius 3 is 2.70 bits per heavy atom. The van der Waals surface area contributed by atoms with Crippen LogP contribution in [0.25, 0.3) is 0 Å². The molecule has 5 heteroatoms. The summed E-state index contributed by atoms with van der Waals surface area (Å²) in [5.74, 6) is 0.598. The number of halogens is 1. The molecule has 1 heterocycles. The van der Waals surface area contributed by atoms with Gasteiger partial charge in [0.05, 0.1) is 6.61 Å². The van der Waals surface area contributed by atoms with Crippen molar-refractivity contribution in [2.24, 2.45) is 5.92 Å². The van der Waals surface area contributed by atoms with Gasteiger partial charge in [0.2, 0.25) is 5.91 Å². The highest BCUT2D eigenvalue weighted by Crippen LogP contribution is 2.27. The van der Waals surface area contributed by atoms with Gasteiger partial charge in [-0.3, -0.25) is 4.79 Å². The van der Waals surface area contributed by atoms with Crippen molar-refractivity contribution >= 4 is 23.2 Å². The summed E-state index contributed by atoms with van der Waals surface area (Å²) in [6, 6.07) is 5.80. The Morgan fingerprint density at radius 2 is 2.15 bits per heavy atom. The van der Waals surface area contributed by atoms with E-state index in [9.17, 15) is 4.79 Å². The molecule has 0 bridgehead atoms. The second kappa shape index (κ2) is 6.95. The molecule has 1 fully saturated rings. The molecule has 0 aliphatic carbocycles. The lowest BCUT2D eigenvalue weighted by molar-refractivity contribution is -0.119. The molecule has 1 aromatic carbocycles. The van der Waals surface area contributed by atoms with Gasteiger partial charge in [-0.05, 0) is 36.5 Å². The number of carbonyl (C=O) groups is 1. The maximum absolute atomic E-state index is 10.9. The quantitative estimate of drug-likeness (QED) is 0.895. The van der Waals surface area contributed by atoms with Gasteiger partial charge in [-0.15, -0.1) is 0 Å². The smallest absolute Gasteiger partial charge is 0.216 e. The zero-order valence-electron chi connectivity index (χ0n) is 11.7. The Balaban J connectivity index is 1.90. The number of nitrogens with zero attached hydrogens (tertiary/aromatic N) is 1. The molecule has 110 valence electrons. The molecule has 20 heavy (non-hydrogen) atoms. The Morgan fingerprint density at radius 1 is 1.45 bits per heavy atom. The van der Waals surface area contributed by atoms with Crippen LogP contribution in [0.15, 0.2) is 18.2 Å². The van der Waals surface area contributed by atoms with E-state index in [4.69, 9.17) is 16.7 Å². The fourth-order valence-electron chi connectivity index (χ4n) is 2.54. The normalized spacial score (nSPS) is 16.2. The van der Waals surface area contributed by atoms with Crippen molar-refractivity contribution in [3.63, 3.8) is 0 Å². The standard InChI is InChI=1S/C15H21ClN2O2/c1-11(20)17-9-12-4-6-18(7-5-12)14-3-2-13(10-19)15(16)8-14/h2-3,8,12,19H,4-7,9-10H2,1H3,(H,17,20). The van der Waals surface area contributed by atoms with Crippen molar-refractivity contribution < 1.29 is 9.90 Å². The highest BCUT2D eigenvalue weighted by atomic mass is 35.5. The van der Waals surface area contributed by atoms with Crippen molar-refractivity contribution in [3.8, 4) is 0 Å². The first kappa shape index (κ1) is 15.1. The molecule has 2 N–H and O–H groups in total. The van der Waals surface area contributed by atoms with E-state index in [1.54, 1.807) is 6.92 Å². The first-order valence-electron chi connectivity index (χ1n) is 6.99. The van der Waals surface area contributed by atoms with Crippen molar-refractivity contribution in [1.82, 2.24) is 5.32 Å². The van der Waals surface area contributed by atoms with E-state index < -0.39 is 0 Å². The zero-order valence-corrected chi connectivity index (χ0v) is 12.5. The van der Waals surface area contributed by atoms with Gasteiger partial charge in [0.1, 0.15) is 0 Å². The molecule has 1 aliphatic heterocycles. The minimum atomic E-state index is -0.0299. The molecule has 0 unspecified atom stereocenters. The minimum Gasteiger partial charge on any atom is -0.392 e. The number of piperidine rings is 1. The van der Waals surface area contributed by atoms with E-state index in [1.807, 2.05) is 18.2 Å². The molecule has 4 nitrogen and oxygen atoms in total. The average Bonchev–Trinajstić information content (AvgIpc) is 2.45. The third kappa shape index (κ3) is 3.87. The summed E-state index contributed by atoms with van der Waals surface area (Å²) in [6.45, 7) is 4.24. The monoisotopic (exact) mass is 296 g/mol. The summed E-state index contributed by atoms with van der Waals surface area (Å²) in [6.07, 6.45) is 2.14. The lowest BCUT2D eigenvalue weighted by atomic mass is 9.96. The van der Waals surface area contributed by atoms with E-state index in [0.29, 0.717) is 10.9 Å². The van der Waals surface area contributed by atoms with Crippen LogP contribution >= 0.6 is 11.6 Å². The number of rotatable bonds is 4. The van der Waals surface area contributed by atoms with Crippen LogP contribution in [0.3, 0.4) is 0 Å². The van der Waals surface area contributed by atoms with Crippen LogP contribution in [-0.4, -0.2) is 30.6 Å². The highest BCUT2D eigenvalue weighted by Gasteiger charge is 2.20. The number of carbonyl (C=O) groups excluding carboxylic acids is 1. The number of benzene rings is 1. The summed E-state index contributed by atoms with van der Waals surface area (Å²) in [5, 5.41) is 12.6. The maximum atomic E-state index is 10.9. The largest absolute Gasteiger partial charge is 0.392 e. The first-order valence-corrected chi connectivity index (χ1v) is 7.36. The Kier molecular flexibility index (Phi) is 5.26. The van der Waals surface area contributed by atoms with Crippen LogP contribution in [0.1, 0.15) is 25.3 Å². The number of anilines is 1. The van der Waals surface area contributed by atoms with Crippen molar-refractivity contribution in [1.29, 1.82) is 0 Å². The van der Waals surface area contributed by atoms with Gasteiger partial charge in [0.15, 0.2) is 0 Å². The fourth-order valence-corrected chi connectivity index (χ4v) is 2.78. The van der Waals surface area contributed by atoms with Gasteiger partial charge >= 0.3 is 0 Å². The lowest BCUT2D eigenvalue weighted by Gasteiger charge is -2.33. The molecule has 1 saturated heterocycles. The van der Waals surface area contributed by atoms with Gasteiger partial charge < -0.3 is 15.3 Å². The molecule has 2 rings (SSSR count). The maximum Gasteiger partial charge on any atom is 0.216 e. The SMILES string of the molecule is CC(=O)NCC1CCN(c2ccc(CO)c(Cl)c2)CC1. The second-order valence-electron chi connectivity index (χ2n) is 5.30. The number of hydrogen-bond donors (Lipinski definition) is 2. The summed E-state index contributed by atoms with van der Waals surface area (Å²) >= 11 is 6.13. The fraction of sp³-hybridized carbons (Fsp3) is 0.533. The van der Waals surface area contributed by atoms with Crippen molar-refractivity contribution in [2.45, 2.75) is 26.4 Å². The van der Waals surface area contributed by atoms with E-state index >= 15 is 0 Å². The van der Waals surface area contributed by atoms with E-state index in [-0.39, 0.29) is 12.5 Å². The van der Waals surface area contributed by atoms with Crippen molar-refractivity contribution in [3.05, 3.63) is 28.8 Å². The van der Waals surface area contributed by atoms with Crippen LogP contribution in [0.5, 0.6) is 0 Å². The predicted octanol–water partition coefficient (Wildman–Crippen LogP) is 2.18. The topological polar surface area (TPSA) is 52.6 Å². The summed E-state index contributed by atoms with van der Waals surface area (Å²) in [5.41, 5.74) is 1.86. The molecule has 0 spiro atoms. The molecule has 0 aromatic heterocycles. The van der Waals surface area contributed by atoms with Crippen LogP contribution in [0.4, 0.5) is 5.69 Å². The highest BCUT2D eigenvalue weighted by molar-refractivity contribution is 6.31. The summed E-state index contributed by atoms with van der Waals surface area (Å²) in [7, 11) is 0. The predicted molar refractivity (Wildman–Crippen MR) is 81.0 cm³/mol. The summed E-state index contributed by atoms with van der Waals surface area (Å²) < 4.78 is 0. The minimum absolute atomic E-state index is 0.0299. The van der Waals surface area contributed by atoms with E-state index in [2.05, 4.69) is 10.2 Å². The van der Waals surface area contributed by atoms with Crippen molar-refractivity contribution in [2.75, 3.05) is 24.5 Å². The van der Waals surface area contributed by atoms with Crippen LogP contribution in [0.2, 0.25) is 5.02 Å². The van der Waals surface area contributed by atoms with Crippen LogP contribution in [-0.2, 0) is 11.4 Å². The molecular weight excluding hydrogens is 276 g/mol. The van der Waals surface area contributed by atoms with Gasteiger partial charge in [0, 0.05) is 37.3 Å². The third-order valence-electron chi connectivity index (χ3n) is 3.83. The lowest BCUT2D eigenvalue weighted by Crippen LogP contribution is -2.38. The molecule has 1 aliphatic rings. The van der Waals surface area contributed by atoms with Gasteiger partial charge in [-0.25, -0.2) is 0 Å². The second-order valence-corrected chi connectivity index (χ2v) is 5.71. The van der Waals surface area contributed by atoms with Crippen LogP contribution in [0, 0.1) is 5.92 Å². The Hall–Kier alpha value is -1.26. The van der Waals surface area contributed by atoms with Gasteiger partial charge in [-0.2, -0.15) is 0 Å². The number of aliphatic hydroxyl groups excluding tert-OH is 1. The Labute approximate surface area is 124 Å². The Bertz CT molecular complexity index is 471. The van der Waals surface area contributed by atoms with Crippen LogP contribution < -0.4 is 10.2 Å². The third-order valence-corrected chi connectivity index (χ3v) is 4.18. The molecule has 0 saturated carbocycles. The van der Waals surface area contributed by atoms with E-state index in [0.717, 1.165) is 43.7 Å². The van der Waals surface area contributed by atoms with E-state index in [1.165, 1.54) is 0 Å². The number of amides is 1. The molecule has 1 amide bonds. The number of aliphatic hydroxyl groups is 1. The first-order chi connectivity index (χ1) is 9.60. The number of hydrogen-bond acceptors (Lipinski definition) is 3. The molecule has 0 atom stereocenters. The van der Waals surface area contributed by atoms with Gasteiger partial charge in [-0.1, -0.05) is 17.7 Å². The molecule has 1 aromatic rings. The zero-order chi connectivity index (χ0) is 14.5. The molecule has 0 radical (unpaired) electrons. The number of nitrogens with one attached hydrogen (secondary N) is 1. The molecular formula is C15H21ClN2O2. The van der Waals surface area contributed by atoms with Gasteiger partial charge in [0.25, 0.3) is 0 Å². The average molecular weight is 297 g/mol.